The number of allylic oxidation sites excluding steroid dienone is 3. The Hall–Kier alpha value is -1.86. The molecule has 2 unspecified atom stereocenters. The van der Waals surface area contributed by atoms with Crippen LogP contribution in [-0.4, -0.2) is 44.4 Å². The highest BCUT2D eigenvalue weighted by molar-refractivity contribution is 5.75. The highest BCUT2D eigenvalue weighted by Gasteiger charge is 2.52. The van der Waals surface area contributed by atoms with Crippen LogP contribution in [0.1, 0.15) is 50.7 Å². The predicted molar refractivity (Wildman–Crippen MR) is 115 cm³/mol. The number of benzene rings is 1. The summed E-state index contributed by atoms with van der Waals surface area (Å²) in [6.45, 7) is 7.08. The molecule has 0 bridgehead atoms. The van der Waals surface area contributed by atoms with E-state index in [0.717, 1.165) is 49.2 Å². The number of hydrogen-bond acceptors (Lipinski definition) is 3. The summed E-state index contributed by atoms with van der Waals surface area (Å²) in [7, 11) is 2.07. The van der Waals surface area contributed by atoms with Crippen molar-refractivity contribution in [3.8, 4) is 0 Å². The molecule has 0 amide bonds. The molecule has 0 radical (unpaired) electrons. The molecule has 0 aromatic heterocycles. The smallest absolute Gasteiger partial charge is 0.416 e. The van der Waals surface area contributed by atoms with Gasteiger partial charge in [0.1, 0.15) is 5.83 Å². The fraction of sp³-hybridized carbons (Fsp3) is 0.600. The van der Waals surface area contributed by atoms with Gasteiger partial charge in [-0.2, -0.15) is 13.2 Å². The van der Waals surface area contributed by atoms with Crippen molar-refractivity contribution < 1.29 is 27.0 Å². The Kier molecular flexibility index (Phi) is 6.43. The predicted octanol–water partition coefficient (Wildman–Crippen LogP) is 6.22. The molecule has 1 aromatic rings. The van der Waals surface area contributed by atoms with Crippen LogP contribution in [0, 0.1) is 11.3 Å². The van der Waals surface area contributed by atoms with Gasteiger partial charge in [0, 0.05) is 36.5 Å². The van der Waals surface area contributed by atoms with E-state index in [-0.39, 0.29) is 29.7 Å². The third-order valence-corrected chi connectivity index (χ3v) is 7.46. The van der Waals surface area contributed by atoms with Gasteiger partial charge in [-0.25, -0.2) is 4.39 Å². The Labute approximate surface area is 187 Å². The van der Waals surface area contributed by atoms with Crippen LogP contribution in [-0.2, 0) is 15.7 Å². The summed E-state index contributed by atoms with van der Waals surface area (Å²) < 4.78 is 66.2. The summed E-state index contributed by atoms with van der Waals surface area (Å²) >= 11 is 0. The average Bonchev–Trinajstić information content (AvgIpc) is 2.77. The zero-order chi connectivity index (χ0) is 23.1. The Morgan fingerprint density at radius 1 is 1.16 bits per heavy atom. The molecule has 176 valence electrons. The zero-order valence-electron chi connectivity index (χ0n) is 18.9. The van der Waals surface area contributed by atoms with E-state index in [1.807, 2.05) is 0 Å². The number of nitrogens with zero attached hydrogens (tertiary/aromatic N) is 1. The summed E-state index contributed by atoms with van der Waals surface area (Å²) in [6, 6.07) is 5.22. The molecule has 2 aliphatic heterocycles. The quantitative estimate of drug-likeness (QED) is 0.494. The molecule has 0 N–H and O–H groups in total. The molecule has 3 aliphatic rings. The maximum atomic E-state index is 14.9. The molecule has 0 spiro atoms. The normalized spacial score (nSPS) is 28.5. The molecule has 2 fully saturated rings. The lowest BCUT2D eigenvalue weighted by molar-refractivity contribution is -0.137. The van der Waals surface area contributed by atoms with E-state index < -0.39 is 11.7 Å². The molecule has 2 heterocycles. The second-order valence-electron chi connectivity index (χ2n) is 9.34. The molecule has 2 saturated heterocycles. The van der Waals surface area contributed by atoms with Gasteiger partial charge in [-0.05, 0) is 56.1 Å². The summed E-state index contributed by atoms with van der Waals surface area (Å²) in [5.41, 5.74) is 1.40. The Balaban J connectivity index is 1.73. The van der Waals surface area contributed by atoms with Crippen LogP contribution in [0.3, 0.4) is 0 Å². The first-order chi connectivity index (χ1) is 15.1. The molecule has 32 heavy (non-hydrogen) atoms. The third-order valence-electron chi connectivity index (χ3n) is 7.46. The van der Waals surface area contributed by atoms with E-state index in [0.29, 0.717) is 31.0 Å². The Morgan fingerprint density at radius 3 is 2.53 bits per heavy atom. The maximum Gasteiger partial charge on any atom is 0.416 e. The van der Waals surface area contributed by atoms with Crippen LogP contribution >= 0.6 is 0 Å². The van der Waals surface area contributed by atoms with Crippen molar-refractivity contribution in [2.45, 2.75) is 51.8 Å². The number of hydrogen-bond donors (Lipinski definition) is 0. The monoisotopic (exact) mass is 453 g/mol. The maximum absolute atomic E-state index is 14.9. The molecular weight excluding hydrogens is 422 g/mol. The van der Waals surface area contributed by atoms with E-state index in [9.17, 15) is 17.6 Å². The molecule has 3 nitrogen and oxygen atoms in total. The Bertz CT molecular complexity index is 906. The summed E-state index contributed by atoms with van der Waals surface area (Å²) in [6.07, 6.45) is -2.14. The van der Waals surface area contributed by atoms with Crippen molar-refractivity contribution in [2.24, 2.45) is 11.3 Å². The van der Waals surface area contributed by atoms with Crippen molar-refractivity contribution in [1.82, 2.24) is 4.90 Å². The first kappa shape index (κ1) is 23.3. The molecule has 4 rings (SSSR count). The highest BCUT2D eigenvalue weighted by atomic mass is 19.4. The summed E-state index contributed by atoms with van der Waals surface area (Å²) in [5, 5.41) is 0. The number of halogens is 4. The molecular formula is C25H31F4NO2. The fourth-order valence-electron chi connectivity index (χ4n) is 5.35. The molecule has 7 heteroatoms. The van der Waals surface area contributed by atoms with Crippen LogP contribution in [0.15, 0.2) is 41.4 Å². The van der Waals surface area contributed by atoms with Gasteiger partial charge in [-0.15, -0.1) is 0 Å². The van der Waals surface area contributed by atoms with Crippen molar-refractivity contribution in [3.63, 3.8) is 0 Å². The first-order valence-electron chi connectivity index (χ1n) is 11.4. The van der Waals surface area contributed by atoms with Crippen LogP contribution in [0.5, 0.6) is 0 Å². The third kappa shape index (κ3) is 4.21. The van der Waals surface area contributed by atoms with Gasteiger partial charge in [0.15, 0.2) is 5.76 Å². The number of ether oxygens (including phenoxy) is 2. The fourth-order valence-corrected chi connectivity index (χ4v) is 5.35. The summed E-state index contributed by atoms with van der Waals surface area (Å²) in [5.74, 6) is 0.107. The van der Waals surface area contributed by atoms with Crippen molar-refractivity contribution >= 4 is 5.57 Å². The van der Waals surface area contributed by atoms with Crippen molar-refractivity contribution in [1.29, 1.82) is 0 Å². The van der Waals surface area contributed by atoms with E-state index in [4.69, 9.17) is 9.47 Å². The van der Waals surface area contributed by atoms with Gasteiger partial charge in [0.25, 0.3) is 0 Å². The minimum atomic E-state index is -4.38. The lowest BCUT2D eigenvalue weighted by atomic mass is 9.61. The minimum Gasteiger partial charge on any atom is -0.490 e. The summed E-state index contributed by atoms with van der Waals surface area (Å²) in [4.78, 5) is 2.23. The lowest BCUT2D eigenvalue weighted by Crippen LogP contribution is -2.51. The van der Waals surface area contributed by atoms with Crippen molar-refractivity contribution in [3.05, 3.63) is 52.6 Å². The van der Waals surface area contributed by atoms with E-state index in [1.54, 1.807) is 0 Å². The van der Waals surface area contributed by atoms with Crippen molar-refractivity contribution in [2.75, 3.05) is 33.4 Å². The van der Waals surface area contributed by atoms with E-state index >= 15 is 0 Å². The number of fused-ring (bicyclic) bond motifs is 3. The SMILES string of the molecule is CCN(C)CC[C@@H]1OCCC2(C)C3=C(c4ccc(C(F)(F)F)cc4)CCC(F)=C3OCC12. The molecule has 1 aliphatic carbocycles. The van der Waals surface area contributed by atoms with Gasteiger partial charge in [-0.1, -0.05) is 26.0 Å². The molecule has 1 aromatic carbocycles. The lowest BCUT2D eigenvalue weighted by Gasteiger charge is -2.52. The average molecular weight is 454 g/mol. The van der Waals surface area contributed by atoms with Gasteiger partial charge < -0.3 is 14.4 Å². The highest BCUT2D eigenvalue weighted by Crippen LogP contribution is 2.56. The largest absolute Gasteiger partial charge is 0.490 e. The van der Waals surface area contributed by atoms with Crippen LogP contribution in [0.2, 0.25) is 0 Å². The van der Waals surface area contributed by atoms with Gasteiger partial charge in [0.05, 0.1) is 18.3 Å². The molecule has 0 saturated carbocycles. The second-order valence-corrected chi connectivity index (χ2v) is 9.34. The van der Waals surface area contributed by atoms with E-state index in [1.165, 1.54) is 12.1 Å². The van der Waals surface area contributed by atoms with Crippen LogP contribution < -0.4 is 0 Å². The van der Waals surface area contributed by atoms with Gasteiger partial charge in [-0.3, -0.25) is 0 Å². The van der Waals surface area contributed by atoms with Crippen LogP contribution in [0.25, 0.3) is 5.57 Å². The topological polar surface area (TPSA) is 21.7 Å². The van der Waals surface area contributed by atoms with Gasteiger partial charge >= 0.3 is 6.18 Å². The standard InChI is InChI=1S/C25H31F4NO2/c1-4-30(3)13-11-21-19-15-32-23-20(26)10-9-18(22(23)24(19,2)12-14-31-21)16-5-7-17(8-6-16)25(27,28)29/h5-8,19,21H,4,9-15H2,1-3H3/t19?,21-,24?/m0/s1. The molecule has 3 atom stereocenters. The van der Waals surface area contributed by atoms with Crippen LogP contribution in [0.4, 0.5) is 17.6 Å². The number of alkyl halides is 3. The second kappa shape index (κ2) is 8.82. The van der Waals surface area contributed by atoms with E-state index in [2.05, 4.69) is 25.8 Å². The first-order valence-corrected chi connectivity index (χ1v) is 11.4. The zero-order valence-corrected chi connectivity index (χ0v) is 18.9. The Morgan fingerprint density at radius 2 is 1.88 bits per heavy atom. The minimum absolute atomic E-state index is 0.00403. The number of rotatable bonds is 5. The van der Waals surface area contributed by atoms with Gasteiger partial charge in [0.2, 0.25) is 0 Å².